The number of nitrogens with one attached hydrogen (secondary N) is 2. The second-order valence-corrected chi connectivity index (χ2v) is 8.27. The van der Waals surface area contributed by atoms with Gasteiger partial charge in [-0.15, -0.1) is 0 Å². The van der Waals surface area contributed by atoms with Gasteiger partial charge in [0.15, 0.2) is 6.61 Å². The first-order chi connectivity index (χ1) is 14.4. The second kappa shape index (κ2) is 9.51. The summed E-state index contributed by atoms with van der Waals surface area (Å²) in [4.78, 5) is 12.1. The van der Waals surface area contributed by atoms with E-state index < -0.39 is 10.0 Å². The Morgan fingerprint density at radius 1 is 0.933 bits per heavy atom. The van der Waals surface area contributed by atoms with Gasteiger partial charge in [0, 0.05) is 22.5 Å². The number of rotatable bonds is 8. The highest BCUT2D eigenvalue weighted by molar-refractivity contribution is 7.92. The van der Waals surface area contributed by atoms with Gasteiger partial charge in [0.05, 0.1) is 12.0 Å². The van der Waals surface area contributed by atoms with Crippen LogP contribution >= 0.6 is 11.6 Å². The van der Waals surface area contributed by atoms with E-state index in [2.05, 4.69) is 10.0 Å². The molecule has 0 saturated heterocycles. The largest absolute Gasteiger partial charge is 0.497 e. The molecule has 2 N–H and O–H groups in total. The summed E-state index contributed by atoms with van der Waals surface area (Å²) in [7, 11) is -2.22. The summed E-state index contributed by atoms with van der Waals surface area (Å²) in [5.41, 5.74) is 0.839. The Bertz CT molecular complexity index is 1120. The number of methoxy groups -OCH3 is 1. The maximum Gasteiger partial charge on any atom is 0.262 e. The summed E-state index contributed by atoms with van der Waals surface area (Å²) in [6.45, 7) is -0.203. The molecule has 0 atom stereocenters. The summed E-state index contributed by atoms with van der Waals surface area (Å²) in [5, 5.41) is 3.16. The average molecular weight is 447 g/mol. The molecule has 0 fully saturated rings. The Morgan fingerprint density at radius 3 is 2.23 bits per heavy atom. The molecule has 0 unspecified atom stereocenters. The maximum absolute atomic E-state index is 12.5. The van der Waals surface area contributed by atoms with Gasteiger partial charge in [0.1, 0.15) is 11.5 Å². The van der Waals surface area contributed by atoms with Crippen LogP contribution in [0.3, 0.4) is 0 Å². The number of ether oxygens (including phenoxy) is 2. The summed E-state index contributed by atoms with van der Waals surface area (Å²) in [5.74, 6) is 0.740. The molecule has 30 heavy (non-hydrogen) atoms. The molecule has 7 nitrogen and oxygen atoms in total. The van der Waals surface area contributed by atoms with Crippen molar-refractivity contribution in [3.05, 3.63) is 77.8 Å². The Labute approximate surface area is 179 Å². The number of benzene rings is 3. The molecule has 0 saturated carbocycles. The van der Waals surface area contributed by atoms with Crippen LogP contribution in [0.15, 0.2) is 77.7 Å². The first-order valence-corrected chi connectivity index (χ1v) is 10.7. The molecule has 3 aromatic rings. The topological polar surface area (TPSA) is 93.7 Å². The molecule has 0 aromatic heterocycles. The molecule has 0 bridgehead atoms. The van der Waals surface area contributed by atoms with Crippen LogP contribution in [0.4, 0.5) is 11.4 Å². The molecule has 0 aliphatic carbocycles. The highest BCUT2D eigenvalue weighted by atomic mass is 35.5. The zero-order valence-electron chi connectivity index (χ0n) is 16.0. The van der Waals surface area contributed by atoms with Gasteiger partial charge in [-0.2, -0.15) is 0 Å². The van der Waals surface area contributed by atoms with E-state index in [-0.39, 0.29) is 17.4 Å². The Balaban J connectivity index is 1.58. The third kappa shape index (κ3) is 5.88. The van der Waals surface area contributed by atoms with Crippen molar-refractivity contribution in [3.63, 3.8) is 0 Å². The Kier molecular flexibility index (Phi) is 6.81. The standard InChI is InChI=1S/C21H19ClN2O5S/c1-28-18-3-2-4-19(13-18)29-14-21(25)23-16-9-11-20(12-10-16)30(26,27)24-17-7-5-15(22)6-8-17/h2-13,24H,14H2,1H3,(H,23,25). The molecule has 0 aliphatic heterocycles. The van der Waals surface area contributed by atoms with E-state index in [4.69, 9.17) is 21.1 Å². The minimum Gasteiger partial charge on any atom is -0.497 e. The molecule has 9 heteroatoms. The van der Waals surface area contributed by atoms with E-state index in [0.717, 1.165) is 0 Å². The van der Waals surface area contributed by atoms with Crippen LogP contribution in [0.1, 0.15) is 0 Å². The van der Waals surface area contributed by atoms with E-state index in [1.165, 1.54) is 24.3 Å². The van der Waals surface area contributed by atoms with Crippen LogP contribution in [0.2, 0.25) is 5.02 Å². The molecule has 0 aliphatic rings. The summed E-state index contributed by atoms with van der Waals surface area (Å²) >= 11 is 5.80. The third-order valence-corrected chi connectivity index (χ3v) is 5.61. The second-order valence-electron chi connectivity index (χ2n) is 6.15. The first-order valence-electron chi connectivity index (χ1n) is 8.81. The fourth-order valence-corrected chi connectivity index (χ4v) is 3.67. The van der Waals surface area contributed by atoms with E-state index in [9.17, 15) is 13.2 Å². The van der Waals surface area contributed by atoms with Crippen molar-refractivity contribution >= 4 is 38.9 Å². The highest BCUT2D eigenvalue weighted by Gasteiger charge is 2.14. The minimum atomic E-state index is -3.77. The van der Waals surface area contributed by atoms with Crippen molar-refractivity contribution in [2.45, 2.75) is 4.90 Å². The normalized spacial score (nSPS) is 10.9. The van der Waals surface area contributed by atoms with Crippen LogP contribution in [0, 0.1) is 0 Å². The van der Waals surface area contributed by atoms with Gasteiger partial charge in [-0.1, -0.05) is 17.7 Å². The molecule has 1 amide bonds. The molecular formula is C21H19ClN2O5S. The van der Waals surface area contributed by atoms with Crippen molar-refractivity contribution < 1.29 is 22.7 Å². The van der Waals surface area contributed by atoms with Gasteiger partial charge >= 0.3 is 0 Å². The number of hydrogen-bond acceptors (Lipinski definition) is 5. The number of anilines is 2. The van der Waals surface area contributed by atoms with Crippen LogP contribution in [0.5, 0.6) is 11.5 Å². The van der Waals surface area contributed by atoms with Crippen molar-refractivity contribution in [2.24, 2.45) is 0 Å². The van der Waals surface area contributed by atoms with Crippen molar-refractivity contribution in [1.29, 1.82) is 0 Å². The van der Waals surface area contributed by atoms with Gasteiger partial charge in [-0.25, -0.2) is 8.42 Å². The lowest BCUT2D eigenvalue weighted by molar-refractivity contribution is -0.118. The highest BCUT2D eigenvalue weighted by Crippen LogP contribution is 2.21. The summed E-state index contributed by atoms with van der Waals surface area (Å²) in [6, 6.07) is 19.0. The predicted octanol–water partition coefficient (Wildman–Crippen LogP) is 4.17. The molecule has 0 heterocycles. The van der Waals surface area contributed by atoms with Gasteiger partial charge in [0.2, 0.25) is 0 Å². The van der Waals surface area contributed by atoms with E-state index in [0.29, 0.717) is 27.9 Å². The van der Waals surface area contributed by atoms with E-state index in [1.54, 1.807) is 55.6 Å². The third-order valence-electron chi connectivity index (χ3n) is 3.96. The van der Waals surface area contributed by atoms with Crippen LogP contribution in [0.25, 0.3) is 0 Å². The van der Waals surface area contributed by atoms with E-state index >= 15 is 0 Å². The molecule has 156 valence electrons. The molecule has 0 radical (unpaired) electrons. The number of carbonyl (C=O) groups excluding carboxylic acids is 1. The first kappa shape index (κ1) is 21.5. The van der Waals surface area contributed by atoms with Gasteiger partial charge in [-0.3, -0.25) is 9.52 Å². The lowest BCUT2D eigenvalue weighted by atomic mass is 10.3. The molecule has 3 aromatic carbocycles. The predicted molar refractivity (Wildman–Crippen MR) is 116 cm³/mol. The number of amides is 1. The molecular weight excluding hydrogens is 428 g/mol. The lowest BCUT2D eigenvalue weighted by Gasteiger charge is -2.10. The lowest BCUT2D eigenvalue weighted by Crippen LogP contribution is -2.20. The molecule has 3 rings (SSSR count). The number of halogens is 1. The van der Waals surface area contributed by atoms with Crippen molar-refractivity contribution in [3.8, 4) is 11.5 Å². The Hall–Kier alpha value is -3.23. The van der Waals surface area contributed by atoms with Crippen molar-refractivity contribution in [1.82, 2.24) is 0 Å². The minimum absolute atomic E-state index is 0.0584. The SMILES string of the molecule is COc1cccc(OCC(=O)Nc2ccc(S(=O)(=O)Nc3ccc(Cl)cc3)cc2)c1. The number of hydrogen-bond donors (Lipinski definition) is 2. The zero-order chi connectivity index (χ0) is 21.6. The maximum atomic E-state index is 12.5. The zero-order valence-corrected chi connectivity index (χ0v) is 17.5. The van der Waals surface area contributed by atoms with Gasteiger partial charge in [-0.05, 0) is 60.7 Å². The van der Waals surface area contributed by atoms with E-state index in [1.807, 2.05) is 0 Å². The monoisotopic (exact) mass is 446 g/mol. The Morgan fingerprint density at radius 2 is 1.57 bits per heavy atom. The number of sulfonamides is 1. The van der Waals surface area contributed by atoms with Gasteiger partial charge in [0.25, 0.3) is 15.9 Å². The van der Waals surface area contributed by atoms with Crippen LogP contribution in [-0.4, -0.2) is 28.0 Å². The molecule has 0 spiro atoms. The van der Waals surface area contributed by atoms with Crippen LogP contribution in [-0.2, 0) is 14.8 Å². The van der Waals surface area contributed by atoms with Crippen molar-refractivity contribution in [2.75, 3.05) is 23.8 Å². The summed E-state index contributed by atoms with van der Waals surface area (Å²) in [6.07, 6.45) is 0. The quantitative estimate of drug-likeness (QED) is 0.541. The fraction of sp³-hybridized carbons (Fsp3) is 0.0952. The fourth-order valence-electron chi connectivity index (χ4n) is 2.49. The number of carbonyl (C=O) groups is 1. The average Bonchev–Trinajstić information content (AvgIpc) is 2.74. The van der Waals surface area contributed by atoms with Gasteiger partial charge < -0.3 is 14.8 Å². The smallest absolute Gasteiger partial charge is 0.262 e. The van der Waals surface area contributed by atoms with Crippen LogP contribution < -0.4 is 19.5 Å². The summed E-state index contributed by atoms with van der Waals surface area (Å²) < 4.78 is 37.9.